The molecule has 7 heavy (non-hydrogen) atoms. The lowest BCUT2D eigenvalue weighted by atomic mass is 10.7. The molecule has 1 nitrogen and oxygen atoms in total. The van der Waals surface area contributed by atoms with Crippen LogP contribution < -0.4 is 5.32 Å². The van der Waals surface area contributed by atoms with Gasteiger partial charge in [0.05, 0.1) is 0 Å². The highest BCUT2D eigenvalue weighted by Crippen LogP contribution is 2.29. The lowest BCUT2D eigenvalue weighted by Gasteiger charge is -2.11. The number of thioether (sulfide) groups is 1. The molecule has 0 amide bonds. The lowest BCUT2D eigenvalue weighted by Crippen LogP contribution is -2.26. The fourth-order valence-corrected chi connectivity index (χ4v) is 1.69. The molecule has 3 heteroatoms. The third kappa shape index (κ3) is 1.52. The van der Waals surface area contributed by atoms with E-state index in [4.69, 9.17) is 11.6 Å². The molecule has 0 aromatic heterocycles. The van der Waals surface area contributed by atoms with E-state index < -0.39 is 0 Å². The number of hydrogen-bond acceptors (Lipinski definition) is 2. The van der Waals surface area contributed by atoms with Crippen molar-refractivity contribution < 1.29 is 0 Å². The molecule has 0 spiro atoms. The van der Waals surface area contributed by atoms with Gasteiger partial charge in [-0.3, -0.25) is 5.32 Å². The lowest BCUT2D eigenvalue weighted by molar-refractivity contribution is 0.707. The first kappa shape index (κ1) is 5.73. The molecule has 1 aliphatic heterocycles. The summed E-state index contributed by atoms with van der Waals surface area (Å²) in [4.78, 5) is 0. The molecule has 1 N–H and O–H groups in total. The summed E-state index contributed by atoms with van der Waals surface area (Å²) in [6.07, 6.45) is 0. The van der Waals surface area contributed by atoms with E-state index in [1.165, 1.54) is 0 Å². The zero-order valence-electron chi connectivity index (χ0n) is 4.20. The zero-order chi connectivity index (χ0) is 5.33. The van der Waals surface area contributed by atoms with Crippen LogP contribution in [0.25, 0.3) is 0 Å². The van der Waals surface area contributed by atoms with Crippen LogP contribution in [0.5, 0.6) is 0 Å². The van der Waals surface area contributed by atoms with Crippen molar-refractivity contribution in [3.63, 3.8) is 0 Å². The van der Waals surface area contributed by atoms with Gasteiger partial charge in [-0.25, -0.2) is 0 Å². The largest absolute Gasteiger partial charge is 0.290 e. The van der Waals surface area contributed by atoms with Crippen LogP contribution in [0.2, 0.25) is 0 Å². The van der Waals surface area contributed by atoms with E-state index in [9.17, 15) is 0 Å². The van der Waals surface area contributed by atoms with Crippen LogP contribution >= 0.6 is 23.4 Å². The van der Waals surface area contributed by atoms with Crippen molar-refractivity contribution in [2.24, 2.45) is 0 Å². The fraction of sp³-hybridized carbons (Fsp3) is 1.00. The molecule has 1 fully saturated rings. The topological polar surface area (TPSA) is 12.0 Å². The summed E-state index contributed by atoms with van der Waals surface area (Å²) in [5.41, 5.74) is 0. The number of alkyl halides is 1. The summed E-state index contributed by atoms with van der Waals surface area (Å²) in [7, 11) is 0. The molecule has 0 aliphatic carbocycles. The van der Waals surface area contributed by atoms with E-state index in [1.807, 2.05) is 6.92 Å². The van der Waals surface area contributed by atoms with E-state index in [2.05, 4.69) is 5.32 Å². The standard InChI is InChI=1S/C4H8ClNS/c1-4(5)6-2-3-7-4/h6H,2-3H2,1H3. The monoisotopic (exact) mass is 137 g/mol. The average Bonchev–Trinajstić information content (AvgIpc) is 1.84. The molecule has 0 radical (unpaired) electrons. The SMILES string of the molecule is CC1(Cl)NCCS1. The summed E-state index contributed by atoms with van der Waals surface area (Å²) in [6, 6.07) is 0. The minimum Gasteiger partial charge on any atom is -0.290 e. The second-order valence-corrected chi connectivity index (χ2v) is 4.19. The molecule has 1 atom stereocenters. The smallest absolute Gasteiger partial charge is 0.137 e. The Labute approximate surface area is 52.8 Å². The predicted molar refractivity (Wildman–Crippen MR) is 34.7 cm³/mol. The number of rotatable bonds is 0. The Morgan fingerprint density at radius 2 is 2.57 bits per heavy atom. The molecule has 1 saturated heterocycles. The van der Waals surface area contributed by atoms with Gasteiger partial charge in [-0.05, 0) is 6.92 Å². The van der Waals surface area contributed by atoms with E-state index >= 15 is 0 Å². The van der Waals surface area contributed by atoms with Gasteiger partial charge in [0.15, 0.2) is 0 Å². The second-order valence-electron chi connectivity index (χ2n) is 1.69. The van der Waals surface area contributed by atoms with Crippen LogP contribution in [0.15, 0.2) is 0 Å². The van der Waals surface area contributed by atoms with Crippen molar-refractivity contribution in [1.29, 1.82) is 0 Å². The molecule has 0 aromatic rings. The molecule has 0 bridgehead atoms. The maximum absolute atomic E-state index is 5.82. The third-order valence-electron chi connectivity index (χ3n) is 0.916. The molecule has 42 valence electrons. The minimum atomic E-state index is -0.167. The van der Waals surface area contributed by atoms with E-state index in [-0.39, 0.29) is 4.33 Å². The Bertz CT molecular complexity index is 66.1. The van der Waals surface area contributed by atoms with Crippen LogP contribution in [0.3, 0.4) is 0 Å². The average molecular weight is 138 g/mol. The Morgan fingerprint density at radius 3 is 2.71 bits per heavy atom. The van der Waals surface area contributed by atoms with Gasteiger partial charge in [-0.1, -0.05) is 11.6 Å². The van der Waals surface area contributed by atoms with Gasteiger partial charge in [0, 0.05) is 12.3 Å². The van der Waals surface area contributed by atoms with Crippen molar-refractivity contribution in [2.45, 2.75) is 11.3 Å². The molecular formula is C4H8ClNS. The van der Waals surface area contributed by atoms with Gasteiger partial charge in [0.25, 0.3) is 0 Å². The first-order valence-corrected chi connectivity index (χ1v) is 3.65. The van der Waals surface area contributed by atoms with Crippen molar-refractivity contribution in [3.05, 3.63) is 0 Å². The van der Waals surface area contributed by atoms with Crippen molar-refractivity contribution in [1.82, 2.24) is 5.32 Å². The number of nitrogens with one attached hydrogen (secondary N) is 1. The van der Waals surface area contributed by atoms with Crippen LogP contribution in [-0.2, 0) is 0 Å². The Balaban J connectivity index is 2.40. The van der Waals surface area contributed by atoms with Gasteiger partial charge < -0.3 is 0 Å². The van der Waals surface area contributed by atoms with E-state index in [0.717, 1.165) is 12.3 Å². The highest BCUT2D eigenvalue weighted by atomic mass is 35.5. The summed E-state index contributed by atoms with van der Waals surface area (Å²) in [6.45, 7) is 3.02. The summed E-state index contributed by atoms with van der Waals surface area (Å²) >= 11 is 7.57. The molecular weight excluding hydrogens is 130 g/mol. The van der Waals surface area contributed by atoms with Crippen molar-refractivity contribution in [2.75, 3.05) is 12.3 Å². The summed E-state index contributed by atoms with van der Waals surface area (Å²) < 4.78 is -0.167. The van der Waals surface area contributed by atoms with Crippen molar-refractivity contribution >= 4 is 23.4 Å². The first-order valence-electron chi connectivity index (χ1n) is 2.29. The van der Waals surface area contributed by atoms with E-state index in [1.54, 1.807) is 11.8 Å². The van der Waals surface area contributed by atoms with Crippen LogP contribution in [0, 0.1) is 0 Å². The van der Waals surface area contributed by atoms with Crippen LogP contribution in [0.4, 0.5) is 0 Å². The fourth-order valence-electron chi connectivity index (χ4n) is 0.568. The normalized spacial score (nSPS) is 42.0. The highest BCUT2D eigenvalue weighted by Gasteiger charge is 2.24. The maximum atomic E-state index is 5.82. The van der Waals surface area contributed by atoms with Crippen LogP contribution in [-0.4, -0.2) is 16.6 Å². The van der Waals surface area contributed by atoms with Crippen LogP contribution in [0.1, 0.15) is 6.92 Å². The van der Waals surface area contributed by atoms with E-state index in [0.29, 0.717) is 0 Å². The summed E-state index contributed by atoms with van der Waals surface area (Å²) in [5.74, 6) is 1.14. The highest BCUT2D eigenvalue weighted by molar-refractivity contribution is 8.02. The number of hydrogen-bond donors (Lipinski definition) is 1. The summed E-state index contributed by atoms with van der Waals surface area (Å²) in [5, 5.41) is 3.12. The molecule has 1 heterocycles. The van der Waals surface area contributed by atoms with Gasteiger partial charge in [-0.2, -0.15) is 0 Å². The molecule has 1 unspecified atom stereocenters. The van der Waals surface area contributed by atoms with Gasteiger partial charge in [0.2, 0.25) is 0 Å². The molecule has 1 rings (SSSR count). The minimum absolute atomic E-state index is 0.167. The Hall–Kier alpha value is 0.600. The number of halogens is 1. The van der Waals surface area contributed by atoms with Gasteiger partial charge >= 0.3 is 0 Å². The van der Waals surface area contributed by atoms with Crippen molar-refractivity contribution in [3.8, 4) is 0 Å². The Morgan fingerprint density at radius 1 is 1.86 bits per heavy atom. The maximum Gasteiger partial charge on any atom is 0.137 e. The molecule has 1 aliphatic rings. The molecule has 0 aromatic carbocycles. The quantitative estimate of drug-likeness (QED) is 0.398. The predicted octanol–water partition coefficient (Wildman–Crippen LogP) is 1.24. The Kier molecular flexibility index (Phi) is 1.51. The molecule has 0 saturated carbocycles. The van der Waals surface area contributed by atoms with Gasteiger partial charge in [-0.15, -0.1) is 11.8 Å². The van der Waals surface area contributed by atoms with Gasteiger partial charge in [0.1, 0.15) is 4.33 Å². The first-order chi connectivity index (χ1) is 3.21. The zero-order valence-corrected chi connectivity index (χ0v) is 5.77. The second kappa shape index (κ2) is 1.84. The third-order valence-corrected chi connectivity index (χ3v) is 2.47.